The SMILES string of the molecule is CCOc1nc(-c2cccnc2)sc1C(N)=O. The van der Waals surface area contributed by atoms with Crippen molar-refractivity contribution < 1.29 is 9.53 Å². The van der Waals surface area contributed by atoms with E-state index in [1.54, 1.807) is 18.5 Å². The van der Waals surface area contributed by atoms with Crippen molar-refractivity contribution in [1.29, 1.82) is 0 Å². The number of amides is 1. The van der Waals surface area contributed by atoms with Gasteiger partial charge in [0.15, 0.2) is 4.88 Å². The molecule has 0 aliphatic carbocycles. The minimum absolute atomic E-state index is 0.295. The lowest BCUT2D eigenvalue weighted by atomic mass is 10.3. The Balaban J connectivity index is 2.44. The van der Waals surface area contributed by atoms with Crippen molar-refractivity contribution >= 4 is 17.2 Å². The molecule has 0 aliphatic rings. The molecule has 0 fully saturated rings. The number of aromatic nitrogens is 2. The summed E-state index contributed by atoms with van der Waals surface area (Å²) >= 11 is 1.21. The average molecular weight is 249 g/mol. The number of nitrogens with zero attached hydrogens (tertiary/aromatic N) is 2. The van der Waals surface area contributed by atoms with E-state index in [0.717, 1.165) is 5.56 Å². The molecule has 2 N–H and O–H groups in total. The van der Waals surface area contributed by atoms with Gasteiger partial charge in [0.05, 0.1) is 6.61 Å². The molecule has 5 nitrogen and oxygen atoms in total. The lowest BCUT2D eigenvalue weighted by molar-refractivity contribution is 0.100. The Kier molecular flexibility index (Phi) is 3.34. The highest BCUT2D eigenvalue weighted by molar-refractivity contribution is 7.17. The Labute approximate surface area is 102 Å². The molecule has 6 heteroatoms. The van der Waals surface area contributed by atoms with E-state index < -0.39 is 5.91 Å². The van der Waals surface area contributed by atoms with Crippen molar-refractivity contribution in [3.05, 3.63) is 29.4 Å². The van der Waals surface area contributed by atoms with Crippen molar-refractivity contribution in [2.45, 2.75) is 6.92 Å². The molecule has 0 aliphatic heterocycles. The number of nitrogens with two attached hydrogens (primary N) is 1. The molecular weight excluding hydrogens is 238 g/mol. The van der Waals surface area contributed by atoms with Crippen molar-refractivity contribution in [1.82, 2.24) is 9.97 Å². The summed E-state index contributed by atoms with van der Waals surface area (Å²) in [6.07, 6.45) is 3.36. The second-order valence-corrected chi connectivity index (χ2v) is 4.19. The van der Waals surface area contributed by atoms with Crippen LogP contribution < -0.4 is 10.5 Å². The predicted molar refractivity (Wildman–Crippen MR) is 65.0 cm³/mol. The highest BCUT2D eigenvalue weighted by Gasteiger charge is 2.17. The lowest BCUT2D eigenvalue weighted by Gasteiger charge is -1.98. The van der Waals surface area contributed by atoms with E-state index in [1.807, 2.05) is 13.0 Å². The molecule has 2 aromatic heterocycles. The molecule has 88 valence electrons. The fourth-order valence-corrected chi connectivity index (χ4v) is 2.16. The number of hydrogen-bond acceptors (Lipinski definition) is 5. The maximum Gasteiger partial charge on any atom is 0.264 e. The van der Waals surface area contributed by atoms with Gasteiger partial charge in [0.25, 0.3) is 5.91 Å². The topological polar surface area (TPSA) is 78.1 Å². The van der Waals surface area contributed by atoms with Crippen LogP contribution in [-0.2, 0) is 0 Å². The smallest absolute Gasteiger partial charge is 0.264 e. The number of rotatable bonds is 4. The van der Waals surface area contributed by atoms with Crippen molar-refractivity contribution in [3.63, 3.8) is 0 Å². The quantitative estimate of drug-likeness (QED) is 0.894. The van der Waals surface area contributed by atoms with Gasteiger partial charge < -0.3 is 10.5 Å². The third-order valence-corrected chi connectivity index (χ3v) is 3.11. The molecule has 0 saturated carbocycles. The molecule has 0 bridgehead atoms. The number of pyridine rings is 1. The molecule has 2 rings (SSSR count). The number of carbonyl (C=O) groups is 1. The number of primary amides is 1. The van der Waals surface area contributed by atoms with Crippen LogP contribution in [0.4, 0.5) is 0 Å². The fraction of sp³-hybridized carbons (Fsp3) is 0.182. The minimum Gasteiger partial charge on any atom is -0.477 e. The van der Waals surface area contributed by atoms with Crippen LogP contribution in [0, 0.1) is 0 Å². The Morgan fingerprint density at radius 2 is 2.41 bits per heavy atom. The second-order valence-electron chi connectivity index (χ2n) is 3.19. The largest absolute Gasteiger partial charge is 0.477 e. The maximum atomic E-state index is 11.2. The Morgan fingerprint density at radius 1 is 1.59 bits per heavy atom. The number of carbonyl (C=O) groups excluding carboxylic acids is 1. The van der Waals surface area contributed by atoms with Crippen LogP contribution in [0.1, 0.15) is 16.6 Å². The van der Waals surface area contributed by atoms with E-state index in [1.165, 1.54) is 11.3 Å². The first-order valence-corrected chi connectivity index (χ1v) is 5.88. The molecule has 0 atom stereocenters. The summed E-state index contributed by atoms with van der Waals surface area (Å²) in [5.74, 6) is -0.232. The van der Waals surface area contributed by atoms with Crippen LogP contribution in [0.25, 0.3) is 10.6 Å². The highest BCUT2D eigenvalue weighted by Crippen LogP contribution is 2.31. The first-order chi connectivity index (χ1) is 8.22. The summed E-state index contributed by atoms with van der Waals surface area (Å²) in [6.45, 7) is 2.27. The van der Waals surface area contributed by atoms with Gasteiger partial charge >= 0.3 is 0 Å². The van der Waals surface area contributed by atoms with Crippen LogP contribution in [0.3, 0.4) is 0 Å². The van der Waals surface area contributed by atoms with Gasteiger partial charge in [-0.25, -0.2) is 4.98 Å². The Bertz CT molecular complexity index is 525. The summed E-state index contributed by atoms with van der Waals surface area (Å²) in [4.78, 5) is 19.8. The second kappa shape index (κ2) is 4.92. The van der Waals surface area contributed by atoms with Crippen LogP contribution in [0.5, 0.6) is 5.88 Å². The molecule has 2 aromatic rings. The van der Waals surface area contributed by atoms with Gasteiger partial charge in [-0.2, -0.15) is 0 Å². The van der Waals surface area contributed by atoms with Gasteiger partial charge in [-0.05, 0) is 19.1 Å². The van der Waals surface area contributed by atoms with E-state index >= 15 is 0 Å². The van der Waals surface area contributed by atoms with Crippen LogP contribution >= 0.6 is 11.3 Å². The first kappa shape index (κ1) is 11.5. The molecule has 0 radical (unpaired) electrons. The summed E-state index contributed by atoms with van der Waals surface area (Å²) in [5, 5.41) is 0.676. The van der Waals surface area contributed by atoms with Gasteiger partial charge in [0, 0.05) is 18.0 Å². The third kappa shape index (κ3) is 2.42. The first-order valence-electron chi connectivity index (χ1n) is 5.06. The number of thiazole rings is 1. The standard InChI is InChI=1S/C11H11N3O2S/c1-2-16-10-8(9(12)15)17-11(14-10)7-4-3-5-13-6-7/h3-6H,2H2,1H3,(H2,12,15). The monoisotopic (exact) mass is 249 g/mol. The van der Waals surface area contributed by atoms with Gasteiger partial charge in [-0.15, -0.1) is 11.3 Å². The zero-order chi connectivity index (χ0) is 12.3. The van der Waals surface area contributed by atoms with Crippen molar-refractivity contribution in [2.24, 2.45) is 5.73 Å². The van der Waals surface area contributed by atoms with E-state index in [-0.39, 0.29) is 0 Å². The lowest BCUT2D eigenvalue weighted by Crippen LogP contribution is -2.10. The summed E-state index contributed by atoms with van der Waals surface area (Å²) in [7, 11) is 0. The zero-order valence-electron chi connectivity index (χ0n) is 9.21. The molecule has 1 amide bonds. The fourth-order valence-electron chi connectivity index (χ4n) is 1.31. The van der Waals surface area contributed by atoms with Gasteiger partial charge in [-0.1, -0.05) is 0 Å². The van der Waals surface area contributed by atoms with Gasteiger partial charge in [0.2, 0.25) is 5.88 Å². The molecule has 17 heavy (non-hydrogen) atoms. The molecule has 0 aromatic carbocycles. The summed E-state index contributed by atoms with van der Waals surface area (Å²) in [5.41, 5.74) is 6.11. The molecule has 0 spiro atoms. The molecular formula is C11H11N3O2S. The van der Waals surface area contributed by atoms with E-state index in [9.17, 15) is 4.79 Å². The zero-order valence-corrected chi connectivity index (χ0v) is 10.0. The van der Waals surface area contributed by atoms with Crippen LogP contribution in [-0.4, -0.2) is 22.5 Å². The molecule has 0 unspecified atom stereocenters. The predicted octanol–water partition coefficient (Wildman–Crippen LogP) is 1.70. The van der Waals surface area contributed by atoms with E-state index in [0.29, 0.717) is 22.4 Å². The van der Waals surface area contributed by atoms with Gasteiger partial charge in [-0.3, -0.25) is 9.78 Å². The average Bonchev–Trinajstić information content (AvgIpc) is 2.75. The molecule has 2 heterocycles. The minimum atomic E-state index is -0.527. The van der Waals surface area contributed by atoms with Gasteiger partial charge in [0.1, 0.15) is 5.01 Å². The van der Waals surface area contributed by atoms with Crippen molar-refractivity contribution in [2.75, 3.05) is 6.61 Å². The van der Waals surface area contributed by atoms with E-state index in [2.05, 4.69) is 9.97 Å². The Hall–Kier alpha value is -1.95. The van der Waals surface area contributed by atoms with Crippen LogP contribution in [0.15, 0.2) is 24.5 Å². The van der Waals surface area contributed by atoms with Crippen molar-refractivity contribution in [3.8, 4) is 16.5 Å². The number of ether oxygens (including phenoxy) is 1. The highest BCUT2D eigenvalue weighted by atomic mass is 32.1. The Morgan fingerprint density at radius 3 is 3.00 bits per heavy atom. The maximum absolute atomic E-state index is 11.2. The third-order valence-electron chi connectivity index (χ3n) is 2.01. The normalized spacial score (nSPS) is 10.2. The number of hydrogen-bond donors (Lipinski definition) is 1. The van der Waals surface area contributed by atoms with Crippen LogP contribution in [0.2, 0.25) is 0 Å². The summed E-state index contributed by atoms with van der Waals surface area (Å²) in [6, 6.07) is 3.67. The molecule has 0 saturated heterocycles. The van der Waals surface area contributed by atoms with E-state index in [4.69, 9.17) is 10.5 Å². The summed E-state index contributed by atoms with van der Waals surface area (Å²) < 4.78 is 5.28.